The molecule has 0 radical (unpaired) electrons. The molecule has 0 spiro atoms. The molecule has 66 valence electrons. The fourth-order valence-electron chi connectivity index (χ4n) is 2.49. The third-order valence-corrected chi connectivity index (χ3v) is 3.22. The lowest BCUT2D eigenvalue weighted by atomic mass is 9.91. The van der Waals surface area contributed by atoms with Crippen LogP contribution in [0.3, 0.4) is 0 Å². The summed E-state index contributed by atoms with van der Waals surface area (Å²) in [4.78, 5) is 0. The Balaban J connectivity index is 2.29. The molecule has 0 nitrogen and oxygen atoms in total. The van der Waals surface area contributed by atoms with Crippen molar-refractivity contribution in [3.05, 3.63) is 33.7 Å². The number of benzene rings is 1. The molecular weight excluding hydrogens is 156 g/mol. The van der Waals surface area contributed by atoms with Crippen LogP contribution < -0.4 is 10.4 Å². The van der Waals surface area contributed by atoms with Gasteiger partial charge in [-0.15, -0.1) is 0 Å². The highest BCUT2D eigenvalue weighted by atomic mass is 14.1. The molecule has 0 fully saturated rings. The van der Waals surface area contributed by atoms with Crippen molar-refractivity contribution >= 4 is 12.2 Å². The molecule has 0 saturated carbocycles. The third kappa shape index (κ3) is 1.13. The minimum atomic E-state index is 1.14. The van der Waals surface area contributed by atoms with Gasteiger partial charge >= 0.3 is 0 Å². The molecule has 0 bridgehead atoms. The molecule has 2 aliphatic rings. The summed E-state index contributed by atoms with van der Waals surface area (Å²) in [7, 11) is 0. The summed E-state index contributed by atoms with van der Waals surface area (Å²) in [6.07, 6.45) is 11.2. The van der Waals surface area contributed by atoms with E-state index in [1.165, 1.54) is 36.1 Å². The summed E-state index contributed by atoms with van der Waals surface area (Å²) < 4.78 is 0. The second-order valence-corrected chi connectivity index (χ2v) is 4.10. The van der Waals surface area contributed by atoms with Gasteiger partial charge in [-0.1, -0.05) is 24.3 Å². The van der Waals surface area contributed by atoms with Crippen LogP contribution >= 0.6 is 0 Å². The van der Waals surface area contributed by atoms with Gasteiger partial charge in [0.1, 0.15) is 0 Å². The lowest BCUT2D eigenvalue weighted by Gasteiger charge is -2.14. The van der Waals surface area contributed by atoms with Gasteiger partial charge in [-0.2, -0.15) is 0 Å². The van der Waals surface area contributed by atoms with E-state index in [2.05, 4.69) is 24.3 Å². The Morgan fingerprint density at radius 2 is 1.31 bits per heavy atom. The topological polar surface area (TPSA) is 0 Å². The first-order chi connectivity index (χ1) is 6.43. The molecule has 0 unspecified atom stereocenters. The number of aryl methyl sites for hydroxylation is 2. The van der Waals surface area contributed by atoms with Gasteiger partial charge in [-0.05, 0) is 53.7 Å². The van der Waals surface area contributed by atoms with E-state index < -0.39 is 0 Å². The van der Waals surface area contributed by atoms with Crippen LogP contribution in [0, 0.1) is 0 Å². The summed E-state index contributed by atoms with van der Waals surface area (Å²) in [6, 6.07) is 4.82. The van der Waals surface area contributed by atoms with E-state index in [0.29, 0.717) is 0 Å². The zero-order chi connectivity index (χ0) is 8.67. The minimum Gasteiger partial charge on any atom is -0.0728 e. The zero-order valence-electron chi connectivity index (χ0n) is 7.84. The Morgan fingerprint density at radius 1 is 0.769 bits per heavy atom. The number of fused-ring (bicyclic) bond motifs is 2. The largest absolute Gasteiger partial charge is 0.0728 e. The first-order valence-corrected chi connectivity index (χ1v) is 5.26. The molecule has 2 aliphatic carbocycles. The molecule has 1 aromatic carbocycles. The zero-order valence-corrected chi connectivity index (χ0v) is 7.84. The summed E-state index contributed by atoms with van der Waals surface area (Å²) in [5, 5.41) is 2.95. The monoisotopic (exact) mass is 170 g/mol. The molecule has 0 saturated heterocycles. The van der Waals surface area contributed by atoms with Gasteiger partial charge in [0, 0.05) is 0 Å². The number of hydrogen-bond acceptors (Lipinski definition) is 0. The van der Waals surface area contributed by atoms with Crippen molar-refractivity contribution in [2.75, 3.05) is 0 Å². The van der Waals surface area contributed by atoms with Crippen LogP contribution in [-0.4, -0.2) is 0 Å². The standard InChI is InChI=1S/C13H14/c1-2-5-11-9-13-7-3-6-12(13)8-10(11)4-1/h6-9H,1-5H2. The van der Waals surface area contributed by atoms with Gasteiger partial charge < -0.3 is 0 Å². The molecular formula is C13H14. The van der Waals surface area contributed by atoms with E-state index in [1.807, 2.05) is 0 Å². The molecule has 0 heterocycles. The maximum Gasteiger partial charge on any atom is -0.0151 e. The average molecular weight is 170 g/mol. The first-order valence-electron chi connectivity index (χ1n) is 5.26. The number of rotatable bonds is 0. The fraction of sp³-hybridized carbons (Fsp3) is 0.385. The van der Waals surface area contributed by atoms with E-state index in [4.69, 9.17) is 0 Å². The van der Waals surface area contributed by atoms with E-state index >= 15 is 0 Å². The number of hydrogen-bond donors (Lipinski definition) is 0. The smallest absolute Gasteiger partial charge is 0.0151 e. The minimum absolute atomic E-state index is 1.14. The highest BCUT2D eigenvalue weighted by Gasteiger charge is 2.09. The maximum absolute atomic E-state index is 2.41. The van der Waals surface area contributed by atoms with Crippen molar-refractivity contribution in [2.45, 2.75) is 32.1 Å². The molecule has 0 aromatic heterocycles. The van der Waals surface area contributed by atoms with Crippen molar-refractivity contribution in [3.63, 3.8) is 0 Å². The Kier molecular flexibility index (Phi) is 1.55. The molecule has 0 heteroatoms. The van der Waals surface area contributed by atoms with Crippen LogP contribution in [0.2, 0.25) is 0 Å². The Labute approximate surface area is 78.6 Å². The molecule has 0 amide bonds. The predicted molar refractivity (Wildman–Crippen MR) is 55.9 cm³/mol. The van der Waals surface area contributed by atoms with Crippen LogP contribution in [0.4, 0.5) is 0 Å². The van der Waals surface area contributed by atoms with E-state index in [9.17, 15) is 0 Å². The van der Waals surface area contributed by atoms with Gasteiger partial charge in [0.25, 0.3) is 0 Å². The molecule has 0 atom stereocenters. The van der Waals surface area contributed by atoms with E-state index in [0.717, 1.165) is 6.42 Å². The molecule has 0 aliphatic heterocycles. The van der Waals surface area contributed by atoms with Crippen LogP contribution in [-0.2, 0) is 12.8 Å². The fourth-order valence-corrected chi connectivity index (χ4v) is 2.49. The lowest BCUT2D eigenvalue weighted by Crippen LogP contribution is -2.24. The summed E-state index contributed by atoms with van der Waals surface area (Å²) in [5.74, 6) is 0. The quantitative estimate of drug-likeness (QED) is 0.554. The molecule has 3 rings (SSSR count). The first kappa shape index (κ1) is 7.37. The van der Waals surface area contributed by atoms with Crippen molar-refractivity contribution in [2.24, 2.45) is 0 Å². The van der Waals surface area contributed by atoms with Crippen LogP contribution in [0.15, 0.2) is 12.1 Å². The highest BCUT2D eigenvalue weighted by molar-refractivity contribution is 5.49. The second kappa shape index (κ2) is 2.73. The summed E-state index contributed by atoms with van der Waals surface area (Å²) in [6.45, 7) is 0. The maximum atomic E-state index is 2.41. The van der Waals surface area contributed by atoms with Crippen molar-refractivity contribution < 1.29 is 0 Å². The Bertz CT molecular complexity index is 409. The van der Waals surface area contributed by atoms with E-state index in [-0.39, 0.29) is 0 Å². The van der Waals surface area contributed by atoms with Crippen molar-refractivity contribution in [1.29, 1.82) is 0 Å². The van der Waals surface area contributed by atoms with Gasteiger partial charge in [-0.25, -0.2) is 0 Å². The highest BCUT2D eigenvalue weighted by Crippen LogP contribution is 2.18. The summed E-state index contributed by atoms with van der Waals surface area (Å²) in [5.41, 5.74) is 3.22. The molecule has 13 heavy (non-hydrogen) atoms. The normalized spacial score (nSPS) is 18.5. The van der Waals surface area contributed by atoms with Crippen LogP contribution in [0.1, 0.15) is 30.4 Å². The lowest BCUT2D eigenvalue weighted by molar-refractivity contribution is 0.684. The summed E-state index contributed by atoms with van der Waals surface area (Å²) >= 11 is 0. The Morgan fingerprint density at radius 3 is 1.85 bits per heavy atom. The predicted octanol–water partition coefficient (Wildman–Crippen LogP) is 1.53. The van der Waals surface area contributed by atoms with Gasteiger partial charge in [0.15, 0.2) is 0 Å². The molecule has 1 aromatic rings. The van der Waals surface area contributed by atoms with Gasteiger partial charge in [-0.3, -0.25) is 0 Å². The van der Waals surface area contributed by atoms with Crippen LogP contribution in [0.25, 0.3) is 12.2 Å². The van der Waals surface area contributed by atoms with Crippen molar-refractivity contribution in [1.82, 2.24) is 0 Å². The SMILES string of the molecule is C1=c2cc3c(cc2=CC1)CCCC3. The Hall–Kier alpha value is -1.04. The third-order valence-electron chi connectivity index (χ3n) is 3.22. The van der Waals surface area contributed by atoms with Gasteiger partial charge in [0.2, 0.25) is 0 Å². The average Bonchev–Trinajstić information content (AvgIpc) is 2.61. The van der Waals surface area contributed by atoms with Crippen LogP contribution in [0.5, 0.6) is 0 Å². The van der Waals surface area contributed by atoms with Gasteiger partial charge in [0.05, 0.1) is 0 Å². The van der Waals surface area contributed by atoms with E-state index in [1.54, 1.807) is 11.1 Å². The van der Waals surface area contributed by atoms with Crippen molar-refractivity contribution in [3.8, 4) is 0 Å². The molecule has 0 N–H and O–H groups in total. The second-order valence-electron chi connectivity index (χ2n) is 4.10.